The summed E-state index contributed by atoms with van der Waals surface area (Å²) < 4.78 is 16.9. The highest BCUT2D eigenvalue weighted by Gasteiger charge is 2.30. The lowest BCUT2D eigenvalue weighted by Crippen LogP contribution is -2.16. The Labute approximate surface area is 188 Å². The van der Waals surface area contributed by atoms with E-state index in [4.69, 9.17) is 5.10 Å². The van der Waals surface area contributed by atoms with Crippen molar-refractivity contribution in [2.45, 2.75) is 25.7 Å². The van der Waals surface area contributed by atoms with Crippen LogP contribution < -0.4 is 5.32 Å². The molecule has 0 spiro atoms. The van der Waals surface area contributed by atoms with Crippen LogP contribution in [0.15, 0.2) is 61.1 Å². The molecule has 33 heavy (non-hydrogen) atoms. The predicted octanol–water partition coefficient (Wildman–Crippen LogP) is 4.08. The van der Waals surface area contributed by atoms with E-state index in [0.29, 0.717) is 22.8 Å². The van der Waals surface area contributed by atoms with Crippen LogP contribution in [0.25, 0.3) is 22.4 Å². The largest absolute Gasteiger partial charge is 0.323 e. The van der Waals surface area contributed by atoms with Crippen LogP contribution in [0, 0.1) is 11.7 Å². The molecular weight excluding hydrogens is 421 g/mol. The number of carbonyl (C=O) groups excluding carboxylic acids is 1. The SMILES string of the molecule is CC(c1cc(NC(=O)C2CC2)c2nccn2n1)c1nnc2ccc(-c3ccc(F)cc3)cn12. The van der Waals surface area contributed by atoms with E-state index in [1.807, 2.05) is 35.7 Å². The molecule has 0 saturated heterocycles. The molecule has 1 unspecified atom stereocenters. The Kier molecular flexibility index (Phi) is 4.42. The van der Waals surface area contributed by atoms with Crippen LogP contribution in [0.1, 0.15) is 37.2 Å². The van der Waals surface area contributed by atoms with Crippen molar-refractivity contribution in [1.29, 1.82) is 0 Å². The Balaban J connectivity index is 1.40. The zero-order valence-electron chi connectivity index (χ0n) is 17.8. The number of fused-ring (bicyclic) bond motifs is 2. The number of nitrogens with zero attached hydrogens (tertiary/aromatic N) is 6. The van der Waals surface area contributed by atoms with Crippen molar-refractivity contribution in [3.8, 4) is 11.1 Å². The van der Waals surface area contributed by atoms with Gasteiger partial charge < -0.3 is 5.32 Å². The van der Waals surface area contributed by atoms with Gasteiger partial charge in [0.1, 0.15) is 11.6 Å². The molecule has 1 aromatic carbocycles. The lowest BCUT2D eigenvalue weighted by Gasteiger charge is -2.13. The van der Waals surface area contributed by atoms with Crippen LogP contribution in [0.4, 0.5) is 10.1 Å². The highest BCUT2D eigenvalue weighted by atomic mass is 19.1. The van der Waals surface area contributed by atoms with Crippen LogP contribution >= 0.6 is 0 Å². The summed E-state index contributed by atoms with van der Waals surface area (Å²) in [4.78, 5) is 16.7. The zero-order valence-corrected chi connectivity index (χ0v) is 17.8. The molecule has 0 aliphatic heterocycles. The molecule has 5 aromatic rings. The molecule has 8 nitrogen and oxygen atoms in total. The second kappa shape index (κ2) is 7.47. The van der Waals surface area contributed by atoms with Gasteiger partial charge in [-0.25, -0.2) is 13.9 Å². The molecular formula is C24H20FN7O. The first-order chi connectivity index (χ1) is 16.1. The first kappa shape index (κ1) is 19.5. The zero-order chi connectivity index (χ0) is 22.5. The van der Waals surface area contributed by atoms with Crippen LogP contribution in [-0.2, 0) is 4.79 Å². The smallest absolute Gasteiger partial charge is 0.227 e. The molecule has 1 saturated carbocycles. The number of benzene rings is 1. The third kappa shape index (κ3) is 3.51. The summed E-state index contributed by atoms with van der Waals surface area (Å²) in [6.07, 6.45) is 7.21. The van der Waals surface area contributed by atoms with E-state index in [1.54, 1.807) is 29.0 Å². The number of amides is 1. The minimum atomic E-state index is -0.274. The Morgan fingerprint density at radius 1 is 1.12 bits per heavy atom. The average Bonchev–Trinajstić information content (AvgIpc) is 3.42. The number of hydrogen-bond donors (Lipinski definition) is 1. The highest BCUT2D eigenvalue weighted by molar-refractivity contribution is 5.97. The molecule has 4 aromatic heterocycles. The Hall–Kier alpha value is -4.14. The van der Waals surface area contributed by atoms with Crippen LogP contribution in [0.5, 0.6) is 0 Å². The molecule has 1 N–H and O–H groups in total. The summed E-state index contributed by atoms with van der Waals surface area (Å²) in [5, 5.41) is 16.4. The Morgan fingerprint density at radius 3 is 2.70 bits per heavy atom. The normalized spacial score (nSPS) is 14.6. The number of hydrogen-bond acceptors (Lipinski definition) is 5. The van der Waals surface area contributed by atoms with Gasteiger partial charge in [-0.3, -0.25) is 9.20 Å². The average molecular weight is 441 g/mol. The number of carbonyl (C=O) groups is 1. The summed E-state index contributed by atoms with van der Waals surface area (Å²) in [6, 6.07) is 12.1. The fraction of sp³-hybridized carbons (Fsp3) is 0.208. The van der Waals surface area contributed by atoms with Crippen molar-refractivity contribution in [3.63, 3.8) is 0 Å². The van der Waals surface area contributed by atoms with Gasteiger partial charge >= 0.3 is 0 Å². The number of anilines is 1. The molecule has 0 radical (unpaired) electrons. The van der Waals surface area contributed by atoms with E-state index in [0.717, 1.165) is 29.7 Å². The molecule has 1 aliphatic carbocycles. The minimum Gasteiger partial charge on any atom is -0.323 e. The second-order valence-electron chi connectivity index (χ2n) is 8.37. The third-order valence-electron chi connectivity index (χ3n) is 6.02. The Bertz CT molecular complexity index is 1500. The van der Waals surface area contributed by atoms with E-state index in [-0.39, 0.29) is 23.6 Å². The molecule has 1 fully saturated rings. The first-order valence-corrected chi connectivity index (χ1v) is 10.8. The van der Waals surface area contributed by atoms with Gasteiger partial charge in [-0.2, -0.15) is 5.10 Å². The van der Waals surface area contributed by atoms with Crippen LogP contribution in [0.3, 0.4) is 0 Å². The van der Waals surface area contributed by atoms with Crippen molar-refractivity contribution in [2.75, 3.05) is 5.32 Å². The van der Waals surface area contributed by atoms with Crippen LogP contribution in [0.2, 0.25) is 0 Å². The Morgan fingerprint density at radius 2 is 1.91 bits per heavy atom. The predicted molar refractivity (Wildman–Crippen MR) is 120 cm³/mol. The molecule has 1 atom stereocenters. The standard InChI is InChI=1S/C24H20FN7O/c1-14(19-12-20(27-24(33)16-2-3-16)23-26-10-11-32(23)30-19)22-29-28-21-9-6-17(13-31(21)22)15-4-7-18(25)8-5-15/h4-14,16H,2-3H2,1H3,(H,27,33). The van der Waals surface area contributed by atoms with Gasteiger partial charge in [-0.15, -0.1) is 10.2 Å². The van der Waals surface area contributed by atoms with Crippen molar-refractivity contribution in [2.24, 2.45) is 5.92 Å². The summed E-state index contributed by atoms with van der Waals surface area (Å²) in [7, 11) is 0. The van der Waals surface area contributed by atoms with E-state index >= 15 is 0 Å². The van der Waals surface area contributed by atoms with Gasteiger partial charge in [0.25, 0.3) is 0 Å². The quantitative estimate of drug-likeness (QED) is 0.444. The van der Waals surface area contributed by atoms with Gasteiger partial charge in [0.05, 0.1) is 17.3 Å². The molecule has 9 heteroatoms. The monoisotopic (exact) mass is 441 g/mol. The molecule has 0 bridgehead atoms. The molecule has 1 aliphatic rings. The second-order valence-corrected chi connectivity index (χ2v) is 8.37. The fourth-order valence-electron chi connectivity index (χ4n) is 3.97. The molecule has 164 valence electrons. The summed E-state index contributed by atoms with van der Waals surface area (Å²) in [5.74, 6) is 0.317. The lowest BCUT2D eigenvalue weighted by atomic mass is 10.1. The molecule has 1 amide bonds. The maximum atomic E-state index is 13.3. The molecule has 6 rings (SSSR count). The summed E-state index contributed by atoms with van der Waals surface area (Å²) >= 11 is 0. The van der Waals surface area contributed by atoms with Gasteiger partial charge in [-0.05, 0) is 61.2 Å². The number of halogens is 1. The fourth-order valence-corrected chi connectivity index (χ4v) is 3.97. The van der Waals surface area contributed by atoms with Crippen molar-refractivity contribution < 1.29 is 9.18 Å². The van der Waals surface area contributed by atoms with Crippen molar-refractivity contribution >= 4 is 22.9 Å². The van der Waals surface area contributed by atoms with E-state index in [9.17, 15) is 9.18 Å². The first-order valence-electron chi connectivity index (χ1n) is 10.8. The molecule has 4 heterocycles. The van der Waals surface area contributed by atoms with Gasteiger partial charge in [-0.1, -0.05) is 12.1 Å². The summed E-state index contributed by atoms with van der Waals surface area (Å²) in [6.45, 7) is 2.00. The van der Waals surface area contributed by atoms with E-state index < -0.39 is 0 Å². The number of rotatable bonds is 5. The maximum Gasteiger partial charge on any atom is 0.227 e. The number of imidazole rings is 1. The number of aromatic nitrogens is 6. The minimum absolute atomic E-state index is 0.0153. The lowest BCUT2D eigenvalue weighted by molar-refractivity contribution is -0.117. The van der Waals surface area contributed by atoms with E-state index in [2.05, 4.69) is 20.5 Å². The highest BCUT2D eigenvalue weighted by Crippen LogP contribution is 2.32. The third-order valence-corrected chi connectivity index (χ3v) is 6.02. The van der Waals surface area contributed by atoms with Gasteiger partial charge in [0.15, 0.2) is 11.3 Å². The number of pyridine rings is 1. The topological polar surface area (TPSA) is 89.5 Å². The van der Waals surface area contributed by atoms with Gasteiger partial charge in [0, 0.05) is 24.5 Å². The van der Waals surface area contributed by atoms with Crippen molar-refractivity contribution in [3.05, 3.63) is 78.4 Å². The van der Waals surface area contributed by atoms with Crippen LogP contribution in [-0.4, -0.2) is 35.1 Å². The van der Waals surface area contributed by atoms with Crippen molar-refractivity contribution in [1.82, 2.24) is 29.2 Å². The maximum absolute atomic E-state index is 13.3. The van der Waals surface area contributed by atoms with Gasteiger partial charge in [0.2, 0.25) is 5.91 Å². The summed E-state index contributed by atoms with van der Waals surface area (Å²) in [5.41, 5.74) is 4.49. The number of nitrogens with one attached hydrogen (secondary N) is 1. The van der Waals surface area contributed by atoms with E-state index in [1.165, 1.54) is 12.1 Å².